The highest BCUT2D eigenvalue weighted by molar-refractivity contribution is 5.93. The molecule has 2 aromatic heterocycles. The number of nitrogens with one attached hydrogen (secondary N) is 1. The number of aromatic nitrogens is 3. The maximum atomic E-state index is 12.3. The smallest absolute Gasteiger partial charge is 0.410 e. The van der Waals surface area contributed by atoms with Crippen LogP contribution in [-0.4, -0.2) is 64.4 Å². The summed E-state index contributed by atoms with van der Waals surface area (Å²) in [4.78, 5) is 25.3. The normalized spacial score (nSPS) is 15.1. The van der Waals surface area contributed by atoms with Crippen LogP contribution in [0.4, 0.5) is 16.4 Å². The van der Waals surface area contributed by atoms with Crippen LogP contribution in [0.1, 0.15) is 33.6 Å². The number of carbonyl (C=O) groups is 1. The van der Waals surface area contributed by atoms with E-state index < -0.39 is 5.60 Å². The number of rotatable bonds is 4. The molecule has 0 aliphatic carbocycles. The van der Waals surface area contributed by atoms with Crippen LogP contribution in [-0.2, 0) is 4.74 Å². The van der Waals surface area contributed by atoms with Crippen molar-refractivity contribution in [3.63, 3.8) is 0 Å². The number of anilines is 2. The first-order chi connectivity index (χ1) is 15.2. The van der Waals surface area contributed by atoms with Crippen LogP contribution in [0, 0.1) is 0 Å². The molecule has 0 radical (unpaired) electrons. The lowest BCUT2D eigenvalue weighted by molar-refractivity contribution is 0.0210. The molecule has 1 aromatic carbocycles. The third kappa shape index (κ3) is 4.79. The molecule has 1 fully saturated rings. The van der Waals surface area contributed by atoms with Gasteiger partial charge < -0.3 is 24.4 Å². The van der Waals surface area contributed by atoms with Crippen LogP contribution in [0.3, 0.4) is 0 Å². The van der Waals surface area contributed by atoms with Crippen LogP contribution in [0.2, 0.25) is 0 Å². The van der Waals surface area contributed by atoms with E-state index in [4.69, 9.17) is 9.72 Å². The lowest BCUT2D eigenvalue weighted by Crippen LogP contribution is -2.44. The fraction of sp³-hybridized carbons (Fsp3) is 0.458. The van der Waals surface area contributed by atoms with Gasteiger partial charge in [0, 0.05) is 56.7 Å². The van der Waals surface area contributed by atoms with Crippen LogP contribution >= 0.6 is 0 Å². The molecule has 8 nitrogen and oxygen atoms in total. The molecule has 0 atom stereocenters. The first-order valence-corrected chi connectivity index (χ1v) is 11.1. The van der Waals surface area contributed by atoms with E-state index in [1.54, 1.807) is 11.1 Å². The Morgan fingerprint density at radius 2 is 1.91 bits per heavy atom. The van der Waals surface area contributed by atoms with E-state index >= 15 is 0 Å². The van der Waals surface area contributed by atoms with Gasteiger partial charge in [0.2, 0.25) is 5.95 Å². The number of ether oxygens (including phenoxy) is 1. The fourth-order valence-electron chi connectivity index (χ4n) is 4.01. The summed E-state index contributed by atoms with van der Waals surface area (Å²) in [5.41, 5.74) is 1.80. The standard InChI is InChI=1S/C24H32N6O2/c1-24(2,3)32-23(31)29-14-10-17(11-15-29)26-22-25-13-9-21(27-22)30-16-12-18-19(28(4)5)7-6-8-20(18)30/h6-9,12-13,16-17H,10-11,14-15H2,1-5H3,(H,25,26,27). The number of benzene rings is 1. The minimum atomic E-state index is -0.476. The van der Waals surface area contributed by atoms with Gasteiger partial charge in [-0.1, -0.05) is 6.07 Å². The lowest BCUT2D eigenvalue weighted by atomic mass is 10.1. The molecular weight excluding hydrogens is 404 g/mol. The summed E-state index contributed by atoms with van der Waals surface area (Å²) in [7, 11) is 4.10. The Morgan fingerprint density at radius 1 is 1.16 bits per heavy atom. The number of fused-ring (bicyclic) bond motifs is 1. The van der Waals surface area contributed by atoms with E-state index in [9.17, 15) is 4.79 Å². The summed E-state index contributed by atoms with van der Waals surface area (Å²) in [6.07, 6.45) is 5.23. The zero-order valence-electron chi connectivity index (χ0n) is 19.5. The maximum absolute atomic E-state index is 12.3. The van der Waals surface area contributed by atoms with Crippen molar-refractivity contribution in [3.8, 4) is 5.82 Å². The minimum Gasteiger partial charge on any atom is -0.444 e. The van der Waals surface area contributed by atoms with Gasteiger partial charge in [-0.15, -0.1) is 0 Å². The number of piperidine rings is 1. The molecule has 1 saturated heterocycles. The molecule has 32 heavy (non-hydrogen) atoms. The van der Waals surface area contributed by atoms with Gasteiger partial charge in [-0.2, -0.15) is 4.98 Å². The summed E-state index contributed by atoms with van der Waals surface area (Å²) < 4.78 is 7.57. The molecule has 0 bridgehead atoms. The monoisotopic (exact) mass is 436 g/mol. The van der Waals surface area contributed by atoms with Gasteiger partial charge >= 0.3 is 6.09 Å². The molecule has 3 heterocycles. The van der Waals surface area contributed by atoms with Crippen LogP contribution < -0.4 is 10.2 Å². The quantitative estimate of drug-likeness (QED) is 0.657. The molecule has 0 spiro atoms. The third-order valence-electron chi connectivity index (χ3n) is 5.56. The molecule has 1 N–H and O–H groups in total. The number of hydrogen-bond donors (Lipinski definition) is 1. The lowest BCUT2D eigenvalue weighted by Gasteiger charge is -2.33. The average Bonchev–Trinajstić information content (AvgIpc) is 3.17. The highest BCUT2D eigenvalue weighted by atomic mass is 16.6. The van der Waals surface area contributed by atoms with E-state index in [0.717, 1.165) is 24.2 Å². The summed E-state index contributed by atoms with van der Waals surface area (Å²) in [6, 6.07) is 10.5. The average molecular weight is 437 g/mol. The summed E-state index contributed by atoms with van der Waals surface area (Å²) in [5.74, 6) is 1.42. The Balaban J connectivity index is 1.45. The highest BCUT2D eigenvalue weighted by Crippen LogP contribution is 2.28. The van der Waals surface area contributed by atoms with Crippen molar-refractivity contribution in [3.05, 3.63) is 42.7 Å². The van der Waals surface area contributed by atoms with E-state index in [2.05, 4.69) is 44.0 Å². The Kier molecular flexibility index (Phi) is 5.95. The Hall–Kier alpha value is -3.29. The number of nitrogens with zero attached hydrogens (tertiary/aromatic N) is 5. The highest BCUT2D eigenvalue weighted by Gasteiger charge is 2.27. The van der Waals surface area contributed by atoms with Gasteiger partial charge in [0.05, 0.1) is 5.52 Å². The Bertz CT molecular complexity index is 1090. The first kappa shape index (κ1) is 21.9. The summed E-state index contributed by atoms with van der Waals surface area (Å²) in [6.45, 7) is 6.97. The molecular formula is C24H32N6O2. The van der Waals surface area contributed by atoms with Gasteiger partial charge in [0.25, 0.3) is 0 Å². The van der Waals surface area contributed by atoms with Crippen molar-refractivity contribution >= 4 is 28.6 Å². The molecule has 1 aliphatic rings. The summed E-state index contributed by atoms with van der Waals surface area (Å²) >= 11 is 0. The van der Waals surface area contributed by atoms with Gasteiger partial charge in [-0.25, -0.2) is 9.78 Å². The molecule has 4 rings (SSSR count). The van der Waals surface area contributed by atoms with Crippen molar-refractivity contribution in [1.82, 2.24) is 19.4 Å². The topological polar surface area (TPSA) is 75.5 Å². The SMILES string of the molecule is CN(C)c1cccc2c1ccn2-c1ccnc(NC2CCN(C(=O)OC(C)(C)C)CC2)n1. The second-order valence-corrected chi connectivity index (χ2v) is 9.41. The molecule has 0 saturated carbocycles. The van der Waals surface area contributed by atoms with E-state index in [1.165, 1.54) is 11.1 Å². The molecule has 8 heteroatoms. The molecule has 3 aromatic rings. The van der Waals surface area contributed by atoms with Crippen molar-refractivity contribution in [2.24, 2.45) is 0 Å². The van der Waals surface area contributed by atoms with Crippen LogP contribution in [0.15, 0.2) is 42.7 Å². The Labute approximate surface area is 189 Å². The fourth-order valence-corrected chi connectivity index (χ4v) is 4.01. The molecule has 1 amide bonds. The van der Waals surface area contributed by atoms with Gasteiger partial charge in [-0.3, -0.25) is 0 Å². The Morgan fingerprint density at radius 3 is 2.59 bits per heavy atom. The molecule has 0 unspecified atom stereocenters. The van der Waals surface area contributed by atoms with Crippen molar-refractivity contribution in [2.45, 2.75) is 45.3 Å². The van der Waals surface area contributed by atoms with Crippen molar-refractivity contribution < 1.29 is 9.53 Å². The molecule has 1 aliphatic heterocycles. The maximum Gasteiger partial charge on any atom is 0.410 e. The third-order valence-corrected chi connectivity index (χ3v) is 5.56. The number of carbonyl (C=O) groups excluding carboxylic acids is 1. The van der Waals surface area contributed by atoms with Crippen molar-refractivity contribution in [2.75, 3.05) is 37.4 Å². The minimum absolute atomic E-state index is 0.214. The second kappa shape index (κ2) is 8.68. The predicted octanol–water partition coefficient (Wildman–Crippen LogP) is 4.30. The zero-order valence-corrected chi connectivity index (χ0v) is 19.5. The number of amides is 1. The van der Waals surface area contributed by atoms with Crippen LogP contribution in [0.5, 0.6) is 0 Å². The molecule has 170 valence electrons. The second-order valence-electron chi connectivity index (χ2n) is 9.41. The summed E-state index contributed by atoms with van der Waals surface area (Å²) in [5, 5.41) is 4.63. The van der Waals surface area contributed by atoms with Gasteiger partial charge in [-0.05, 0) is 57.9 Å². The zero-order chi connectivity index (χ0) is 22.9. The predicted molar refractivity (Wildman–Crippen MR) is 128 cm³/mol. The largest absolute Gasteiger partial charge is 0.444 e. The van der Waals surface area contributed by atoms with E-state index in [0.29, 0.717) is 19.0 Å². The van der Waals surface area contributed by atoms with Gasteiger partial charge in [0.15, 0.2) is 0 Å². The van der Waals surface area contributed by atoms with E-state index in [1.807, 2.05) is 47.1 Å². The first-order valence-electron chi connectivity index (χ1n) is 11.1. The van der Waals surface area contributed by atoms with E-state index in [-0.39, 0.29) is 12.1 Å². The van der Waals surface area contributed by atoms with Gasteiger partial charge in [0.1, 0.15) is 11.4 Å². The number of likely N-dealkylation sites (tertiary alicyclic amines) is 1. The van der Waals surface area contributed by atoms with Crippen molar-refractivity contribution in [1.29, 1.82) is 0 Å². The van der Waals surface area contributed by atoms with Crippen LogP contribution in [0.25, 0.3) is 16.7 Å². The number of hydrogen-bond acceptors (Lipinski definition) is 6.